The molecule has 2 unspecified atom stereocenters. The fraction of sp³-hybridized carbons (Fsp3) is 1.00. The van der Waals surface area contributed by atoms with Gasteiger partial charge in [0.25, 0.3) is 0 Å². The molecule has 18 heavy (non-hydrogen) atoms. The summed E-state index contributed by atoms with van der Waals surface area (Å²) in [4.78, 5) is 1.55. The maximum absolute atomic E-state index is 12.5. The summed E-state index contributed by atoms with van der Waals surface area (Å²) in [5, 5.41) is 3.04. The number of nitrogens with zero attached hydrogens (tertiary/aromatic N) is 1. The van der Waals surface area contributed by atoms with E-state index in [4.69, 9.17) is 4.74 Å². The molecule has 0 spiro atoms. The summed E-state index contributed by atoms with van der Waals surface area (Å²) >= 11 is 0. The summed E-state index contributed by atoms with van der Waals surface area (Å²) in [5.41, 5.74) is 0. The molecule has 0 radical (unpaired) electrons. The number of ether oxygens (including phenoxy) is 1. The quantitative estimate of drug-likeness (QED) is 0.793. The fourth-order valence-corrected chi connectivity index (χ4v) is 2.57. The lowest BCUT2D eigenvalue weighted by Crippen LogP contribution is -2.41. The van der Waals surface area contributed by atoms with Crippen LogP contribution in [-0.2, 0) is 4.74 Å². The molecule has 2 aliphatic rings. The van der Waals surface area contributed by atoms with Crippen LogP contribution in [0.15, 0.2) is 0 Å². The highest BCUT2D eigenvalue weighted by Gasteiger charge is 2.39. The molecule has 1 saturated carbocycles. The van der Waals surface area contributed by atoms with Gasteiger partial charge in [0.05, 0.1) is 18.8 Å². The Hall–Kier alpha value is -0.330. The highest BCUT2D eigenvalue weighted by Crippen LogP contribution is 2.32. The van der Waals surface area contributed by atoms with E-state index in [9.17, 15) is 13.2 Å². The molecule has 106 valence electrons. The van der Waals surface area contributed by atoms with Crippen molar-refractivity contribution >= 4 is 0 Å². The minimum Gasteiger partial charge on any atom is -0.372 e. The number of halogens is 3. The number of nitrogens with one attached hydrogen (secondary N) is 1. The molecule has 0 aromatic heterocycles. The van der Waals surface area contributed by atoms with Crippen molar-refractivity contribution in [3.05, 3.63) is 0 Å². The van der Waals surface area contributed by atoms with Crippen molar-refractivity contribution in [3.63, 3.8) is 0 Å². The van der Waals surface area contributed by atoms with E-state index in [0.29, 0.717) is 6.54 Å². The van der Waals surface area contributed by atoms with E-state index < -0.39 is 12.7 Å². The smallest absolute Gasteiger partial charge is 0.372 e. The van der Waals surface area contributed by atoms with Crippen molar-refractivity contribution in [2.45, 2.75) is 50.1 Å². The topological polar surface area (TPSA) is 24.5 Å². The van der Waals surface area contributed by atoms with E-state index in [0.717, 1.165) is 32.2 Å². The molecule has 3 nitrogen and oxygen atoms in total. The monoisotopic (exact) mass is 266 g/mol. The van der Waals surface area contributed by atoms with Crippen LogP contribution in [0.25, 0.3) is 0 Å². The summed E-state index contributed by atoms with van der Waals surface area (Å²) in [5.74, 6) is 0. The largest absolute Gasteiger partial charge is 0.401 e. The summed E-state index contributed by atoms with van der Waals surface area (Å²) in [7, 11) is 1.86. The maximum Gasteiger partial charge on any atom is 0.401 e. The molecule has 6 heteroatoms. The molecule has 0 bridgehead atoms. The number of alkyl halides is 3. The molecule has 1 heterocycles. The average Bonchev–Trinajstić information content (AvgIpc) is 3.00. The summed E-state index contributed by atoms with van der Waals surface area (Å²) in [6.45, 7) is 0.401. The van der Waals surface area contributed by atoms with Gasteiger partial charge in [-0.25, -0.2) is 0 Å². The van der Waals surface area contributed by atoms with Crippen molar-refractivity contribution < 1.29 is 17.9 Å². The number of hydrogen-bond acceptors (Lipinski definition) is 3. The molecule has 0 aromatic rings. The molecule has 2 atom stereocenters. The Labute approximate surface area is 106 Å². The second kappa shape index (κ2) is 5.75. The molecule has 2 fully saturated rings. The van der Waals surface area contributed by atoms with E-state index in [1.54, 1.807) is 4.90 Å². The van der Waals surface area contributed by atoms with Gasteiger partial charge >= 0.3 is 6.18 Å². The Morgan fingerprint density at radius 2 is 1.83 bits per heavy atom. The predicted octanol–water partition coefficient (Wildman–Crippen LogP) is 1.78. The SMILES string of the molecule is CNCC1CCC(CN(CC(F)(F)F)C2CC2)O1. The van der Waals surface area contributed by atoms with Crippen molar-refractivity contribution in [2.75, 3.05) is 26.7 Å². The minimum atomic E-state index is -4.11. The van der Waals surface area contributed by atoms with Gasteiger partial charge in [0.1, 0.15) is 0 Å². The van der Waals surface area contributed by atoms with Crippen LogP contribution in [0.5, 0.6) is 0 Å². The van der Waals surface area contributed by atoms with Gasteiger partial charge in [0.15, 0.2) is 0 Å². The van der Waals surface area contributed by atoms with Crippen LogP contribution in [0.4, 0.5) is 13.2 Å². The van der Waals surface area contributed by atoms with Crippen LogP contribution in [0.1, 0.15) is 25.7 Å². The van der Waals surface area contributed by atoms with Crippen LogP contribution in [-0.4, -0.2) is 56.0 Å². The molecule has 1 N–H and O–H groups in total. The first-order valence-electron chi connectivity index (χ1n) is 6.59. The van der Waals surface area contributed by atoms with Gasteiger partial charge in [-0.1, -0.05) is 0 Å². The van der Waals surface area contributed by atoms with E-state index in [2.05, 4.69) is 5.32 Å². The van der Waals surface area contributed by atoms with Crippen molar-refractivity contribution in [2.24, 2.45) is 0 Å². The first-order chi connectivity index (χ1) is 8.48. The van der Waals surface area contributed by atoms with Crippen molar-refractivity contribution in [3.8, 4) is 0 Å². The van der Waals surface area contributed by atoms with Gasteiger partial charge in [-0.15, -0.1) is 0 Å². The van der Waals surface area contributed by atoms with Crippen molar-refractivity contribution in [1.29, 1.82) is 0 Å². The van der Waals surface area contributed by atoms with Gasteiger partial charge in [0.2, 0.25) is 0 Å². The Bertz CT molecular complexity index is 269. The second-order valence-corrected chi connectivity index (χ2v) is 5.29. The number of rotatable bonds is 6. The van der Waals surface area contributed by atoms with Crippen LogP contribution in [0.2, 0.25) is 0 Å². The van der Waals surface area contributed by atoms with Gasteiger partial charge in [-0.05, 0) is 32.7 Å². The highest BCUT2D eigenvalue weighted by atomic mass is 19.4. The van der Waals surface area contributed by atoms with Crippen molar-refractivity contribution in [1.82, 2.24) is 10.2 Å². The highest BCUT2D eigenvalue weighted by molar-refractivity contribution is 4.88. The van der Waals surface area contributed by atoms with Crippen LogP contribution in [0, 0.1) is 0 Å². The summed E-state index contributed by atoms with van der Waals surface area (Å²) < 4.78 is 43.2. The zero-order valence-electron chi connectivity index (χ0n) is 10.7. The lowest BCUT2D eigenvalue weighted by atomic mass is 10.2. The molecule has 0 amide bonds. The standard InChI is InChI=1S/C12H21F3N2O/c1-16-6-10-4-5-11(18-10)7-17(9-2-3-9)8-12(13,14)15/h9-11,16H,2-8H2,1H3. The van der Waals surface area contributed by atoms with Gasteiger partial charge in [0, 0.05) is 19.1 Å². The number of hydrogen-bond donors (Lipinski definition) is 1. The molecule has 1 saturated heterocycles. The van der Waals surface area contributed by atoms with Crippen LogP contribution >= 0.6 is 0 Å². The summed E-state index contributed by atoms with van der Waals surface area (Å²) in [6, 6.07) is 0.124. The molecular formula is C12H21F3N2O. The molecule has 2 rings (SSSR count). The van der Waals surface area contributed by atoms with Crippen LogP contribution in [0.3, 0.4) is 0 Å². The lowest BCUT2D eigenvalue weighted by Gasteiger charge is -2.26. The third-order valence-electron chi connectivity index (χ3n) is 3.51. The van der Waals surface area contributed by atoms with Gasteiger partial charge in [-0.3, -0.25) is 4.90 Å². The molecule has 1 aliphatic heterocycles. The maximum atomic E-state index is 12.5. The second-order valence-electron chi connectivity index (χ2n) is 5.29. The molecular weight excluding hydrogens is 245 g/mol. The third kappa shape index (κ3) is 4.40. The van der Waals surface area contributed by atoms with E-state index in [1.165, 1.54) is 0 Å². The van der Waals surface area contributed by atoms with Gasteiger partial charge in [-0.2, -0.15) is 13.2 Å². The third-order valence-corrected chi connectivity index (χ3v) is 3.51. The molecule has 1 aliphatic carbocycles. The summed E-state index contributed by atoms with van der Waals surface area (Å²) in [6.07, 6.45) is -0.390. The van der Waals surface area contributed by atoms with E-state index in [1.807, 2.05) is 7.05 Å². The average molecular weight is 266 g/mol. The van der Waals surface area contributed by atoms with E-state index in [-0.39, 0.29) is 18.2 Å². The first-order valence-corrected chi connectivity index (χ1v) is 6.59. The Kier molecular flexibility index (Phi) is 4.50. The zero-order chi connectivity index (χ0) is 13.2. The number of likely N-dealkylation sites (N-methyl/N-ethyl adjacent to an activating group) is 1. The zero-order valence-corrected chi connectivity index (χ0v) is 10.7. The van der Waals surface area contributed by atoms with Crippen LogP contribution < -0.4 is 5.32 Å². The normalized spacial score (nSPS) is 29.2. The minimum absolute atomic E-state index is 0.0358. The lowest BCUT2D eigenvalue weighted by molar-refractivity contribution is -0.150. The van der Waals surface area contributed by atoms with E-state index >= 15 is 0 Å². The Morgan fingerprint density at radius 3 is 2.39 bits per heavy atom. The fourth-order valence-electron chi connectivity index (χ4n) is 2.57. The Morgan fingerprint density at radius 1 is 1.17 bits per heavy atom. The van der Waals surface area contributed by atoms with Gasteiger partial charge < -0.3 is 10.1 Å². The Balaban J connectivity index is 1.79. The predicted molar refractivity (Wildman–Crippen MR) is 62.5 cm³/mol. The molecule has 0 aromatic carbocycles. The first kappa shape index (κ1) is 14.1.